The molecule has 5 nitrogen and oxygen atoms in total. The van der Waals surface area contributed by atoms with Gasteiger partial charge in [0.05, 0.1) is 19.3 Å². The molecule has 1 aromatic heterocycles. The highest BCUT2D eigenvalue weighted by Gasteiger charge is 2.16. The van der Waals surface area contributed by atoms with Crippen molar-refractivity contribution < 1.29 is 9.47 Å². The molecular formula is C15H19N3O2. The quantitative estimate of drug-likeness (QED) is 0.875. The molecule has 0 fully saturated rings. The Hall–Kier alpha value is -2.43. The van der Waals surface area contributed by atoms with Gasteiger partial charge in [-0.05, 0) is 30.7 Å². The predicted molar refractivity (Wildman–Crippen MR) is 80.8 cm³/mol. The highest BCUT2D eigenvalue weighted by molar-refractivity contribution is 5.83. The first-order valence-electron chi connectivity index (χ1n) is 6.49. The van der Waals surface area contributed by atoms with Gasteiger partial charge in [0, 0.05) is 5.56 Å². The Morgan fingerprint density at radius 2 is 1.85 bits per heavy atom. The van der Waals surface area contributed by atoms with Gasteiger partial charge in [0.15, 0.2) is 0 Å². The van der Waals surface area contributed by atoms with Crippen LogP contribution in [0, 0.1) is 0 Å². The number of ether oxygens (including phenoxy) is 2. The van der Waals surface area contributed by atoms with E-state index in [-0.39, 0.29) is 0 Å². The van der Waals surface area contributed by atoms with Crippen LogP contribution in [0.4, 0.5) is 11.6 Å². The molecule has 1 aromatic carbocycles. The SMILES string of the molecule is CCCOc1cccc(OC)c1-c1ccc(N)nc1N. The topological polar surface area (TPSA) is 83.4 Å². The summed E-state index contributed by atoms with van der Waals surface area (Å²) in [6.45, 7) is 2.68. The van der Waals surface area contributed by atoms with E-state index in [1.54, 1.807) is 13.2 Å². The molecule has 4 N–H and O–H groups in total. The van der Waals surface area contributed by atoms with E-state index in [1.807, 2.05) is 24.3 Å². The first-order valence-corrected chi connectivity index (χ1v) is 6.49. The fourth-order valence-corrected chi connectivity index (χ4v) is 1.98. The monoisotopic (exact) mass is 273 g/mol. The molecule has 2 rings (SSSR count). The predicted octanol–water partition coefficient (Wildman–Crippen LogP) is 2.71. The van der Waals surface area contributed by atoms with Crippen molar-refractivity contribution in [1.29, 1.82) is 0 Å². The van der Waals surface area contributed by atoms with Crippen LogP contribution < -0.4 is 20.9 Å². The molecule has 0 amide bonds. The molecule has 0 bridgehead atoms. The number of pyridine rings is 1. The Balaban J connectivity index is 2.57. The van der Waals surface area contributed by atoms with Gasteiger partial charge >= 0.3 is 0 Å². The van der Waals surface area contributed by atoms with Gasteiger partial charge in [0.2, 0.25) is 0 Å². The summed E-state index contributed by atoms with van der Waals surface area (Å²) in [5.41, 5.74) is 13.2. The second-order valence-corrected chi connectivity index (χ2v) is 4.35. The maximum Gasteiger partial charge on any atom is 0.133 e. The lowest BCUT2D eigenvalue weighted by Gasteiger charge is -2.16. The van der Waals surface area contributed by atoms with Gasteiger partial charge in [-0.15, -0.1) is 0 Å². The Labute approximate surface area is 118 Å². The molecule has 0 aliphatic rings. The average molecular weight is 273 g/mol. The fourth-order valence-electron chi connectivity index (χ4n) is 1.98. The van der Waals surface area contributed by atoms with E-state index in [0.29, 0.717) is 24.0 Å². The molecular weight excluding hydrogens is 254 g/mol. The third-order valence-corrected chi connectivity index (χ3v) is 2.89. The summed E-state index contributed by atoms with van der Waals surface area (Å²) < 4.78 is 11.2. The van der Waals surface area contributed by atoms with Crippen LogP contribution in [-0.2, 0) is 0 Å². The zero-order valence-electron chi connectivity index (χ0n) is 11.7. The molecule has 0 aliphatic heterocycles. The van der Waals surface area contributed by atoms with Crippen LogP contribution in [0.15, 0.2) is 30.3 Å². The number of nitrogens with two attached hydrogens (primary N) is 2. The lowest BCUT2D eigenvalue weighted by Crippen LogP contribution is -2.02. The van der Waals surface area contributed by atoms with Crippen molar-refractivity contribution in [3.05, 3.63) is 30.3 Å². The average Bonchev–Trinajstić information content (AvgIpc) is 2.45. The number of benzene rings is 1. The van der Waals surface area contributed by atoms with E-state index < -0.39 is 0 Å². The summed E-state index contributed by atoms with van der Waals surface area (Å²) in [7, 11) is 1.61. The maximum atomic E-state index is 5.97. The second kappa shape index (κ2) is 6.14. The van der Waals surface area contributed by atoms with E-state index in [1.165, 1.54) is 0 Å². The number of aromatic nitrogens is 1. The molecule has 0 saturated heterocycles. The molecule has 106 valence electrons. The van der Waals surface area contributed by atoms with Crippen molar-refractivity contribution >= 4 is 11.6 Å². The van der Waals surface area contributed by atoms with Gasteiger partial charge in [0.25, 0.3) is 0 Å². The van der Waals surface area contributed by atoms with E-state index >= 15 is 0 Å². The summed E-state index contributed by atoms with van der Waals surface area (Å²) in [5, 5.41) is 0. The van der Waals surface area contributed by atoms with E-state index in [9.17, 15) is 0 Å². The Kier molecular flexibility index (Phi) is 4.30. The Morgan fingerprint density at radius 3 is 2.50 bits per heavy atom. The lowest BCUT2D eigenvalue weighted by molar-refractivity contribution is 0.316. The zero-order valence-corrected chi connectivity index (χ0v) is 11.7. The van der Waals surface area contributed by atoms with Crippen LogP contribution in [0.25, 0.3) is 11.1 Å². The molecule has 0 spiro atoms. The van der Waals surface area contributed by atoms with Crippen molar-refractivity contribution in [1.82, 2.24) is 4.98 Å². The van der Waals surface area contributed by atoms with Gasteiger partial charge in [-0.3, -0.25) is 0 Å². The van der Waals surface area contributed by atoms with Crippen molar-refractivity contribution in [2.75, 3.05) is 25.2 Å². The zero-order chi connectivity index (χ0) is 14.5. The van der Waals surface area contributed by atoms with Crippen molar-refractivity contribution in [3.8, 4) is 22.6 Å². The van der Waals surface area contributed by atoms with Crippen LogP contribution in [0.3, 0.4) is 0 Å². The highest BCUT2D eigenvalue weighted by Crippen LogP contribution is 2.40. The van der Waals surface area contributed by atoms with Crippen LogP contribution in [-0.4, -0.2) is 18.7 Å². The Morgan fingerprint density at radius 1 is 1.10 bits per heavy atom. The molecule has 0 radical (unpaired) electrons. The van der Waals surface area contributed by atoms with Gasteiger partial charge in [-0.1, -0.05) is 13.0 Å². The molecule has 20 heavy (non-hydrogen) atoms. The smallest absolute Gasteiger partial charge is 0.133 e. The fraction of sp³-hybridized carbons (Fsp3) is 0.267. The minimum Gasteiger partial charge on any atom is -0.496 e. The highest BCUT2D eigenvalue weighted by atomic mass is 16.5. The molecule has 2 aromatic rings. The first kappa shape index (κ1) is 14.0. The minimum absolute atomic E-state index is 0.357. The molecule has 0 saturated carbocycles. The third kappa shape index (κ3) is 2.77. The normalized spacial score (nSPS) is 10.3. The largest absolute Gasteiger partial charge is 0.496 e. The van der Waals surface area contributed by atoms with Crippen molar-refractivity contribution in [2.24, 2.45) is 0 Å². The number of nitrogen functional groups attached to an aromatic ring is 2. The van der Waals surface area contributed by atoms with Gasteiger partial charge < -0.3 is 20.9 Å². The summed E-state index contributed by atoms with van der Waals surface area (Å²) in [6, 6.07) is 9.18. The number of hydrogen-bond acceptors (Lipinski definition) is 5. The maximum absolute atomic E-state index is 5.97. The van der Waals surface area contributed by atoms with Gasteiger partial charge in [-0.25, -0.2) is 4.98 Å². The van der Waals surface area contributed by atoms with Gasteiger partial charge in [0.1, 0.15) is 23.1 Å². The van der Waals surface area contributed by atoms with Crippen LogP contribution in [0.5, 0.6) is 11.5 Å². The Bertz CT molecular complexity index is 600. The van der Waals surface area contributed by atoms with Crippen LogP contribution in [0.1, 0.15) is 13.3 Å². The number of hydrogen-bond donors (Lipinski definition) is 2. The first-order chi connectivity index (χ1) is 9.67. The van der Waals surface area contributed by atoms with Crippen LogP contribution in [0.2, 0.25) is 0 Å². The minimum atomic E-state index is 0.357. The van der Waals surface area contributed by atoms with E-state index in [4.69, 9.17) is 20.9 Å². The molecule has 0 atom stereocenters. The molecule has 5 heteroatoms. The number of anilines is 2. The van der Waals surface area contributed by atoms with Gasteiger partial charge in [-0.2, -0.15) is 0 Å². The third-order valence-electron chi connectivity index (χ3n) is 2.89. The number of nitrogens with zero attached hydrogens (tertiary/aromatic N) is 1. The molecule has 0 aliphatic carbocycles. The summed E-state index contributed by atoms with van der Waals surface area (Å²) in [4.78, 5) is 4.09. The van der Waals surface area contributed by atoms with Crippen LogP contribution >= 0.6 is 0 Å². The standard InChI is InChI=1S/C15H19N3O2/c1-3-9-20-12-6-4-5-11(19-2)14(12)10-7-8-13(16)18-15(10)17/h4-8H,3,9H2,1-2H3,(H4,16,17,18). The molecule has 0 unspecified atom stereocenters. The number of rotatable bonds is 5. The van der Waals surface area contributed by atoms with E-state index in [0.717, 1.165) is 23.3 Å². The summed E-state index contributed by atoms with van der Waals surface area (Å²) in [6.07, 6.45) is 0.923. The van der Waals surface area contributed by atoms with E-state index in [2.05, 4.69) is 11.9 Å². The lowest BCUT2D eigenvalue weighted by atomic mass is 10.0. The summed E-state index contributed by atoms with van der Waals surface area (Å²) in [5.74, 6) is 2.16. The number of methoxy groups -OCH3 is 1. The van der Waals surface area contributed by atoms with Crippen molar-refractivity contribution in [2.45, 2.75) is 13.3 Å². The second-order valence-electron chi connectivity index (χ2n) is 4.35. The molecule has 1 heterocycles. The summed E-state index contributed by atoms with van der Waals surface area (Å²) >= 11 is 0. The van der Waals surface area contributed by atoms with Crippen molar-refractivity contribution in [3.63, 3.8) is 0 Å².